The maximum atomic E-state index is 12.7. The van der Waals surface area contributed by atoms with Crippen LogP contribution in [-0.4, -0.2) is 53.1 Å². The molecule has 1 amide bonds. The van der Waals surface area contributed by atoms with Crippen molar-refractivity contribution in [2.75, 3.05) is 26.2 Å². The van der Waals surface area contributed by atoms with Gasteiger partial charge >= 0.3 is 0 Å². The number of hydrogen-bond acceptors (Lipinski definition) is 5. The molecule has 1 aromatic carbocycles. The molecule has 1 N–H and O–H groups in total. The molecule has 2 aliphatic rings. The quantitative estimate of drug-likeness (QED) is 0.813. The van der Waals surface area contributed by atoms with Gasteiger partial charge in [0.25, 0.3) is 0 Å². The number of hydrogen-bond donors (Lipinski definition) is 1. The normalized spacial score (nSPS) is 21.9. The number of benzene rings is 1. The zero-order valence-electron chi connectivity index (χ0n) is 17.3. The van der Waals surface area contributed by atoms with Crippen LogP contribution in [0.3, 0.4) is 0 Å². The fourth-order valence-corrected chi connectivity index (χ4v) is 4.65. The van der Waals surface area contributed by atoms with Crippen LogP contribution < -0.4 is 5.32 Å². The van der Waals surface area contributed by atoms with Gasteiger partial charge in [-0.2, -0.15) is 0 Å². The van der Waals surface area contributed by atoms with Crippen molar-refractivity contribution in [1.29, 1.82) is 0 Å². The predicted octanol–water partition coefficient (Wildman–Crippen LogP) is 2.98. The summed E-state index contributed by atoms with van der Waals surface area (Å²) in [4.78, 5) is 17.8. The number of nitrogens with zero attached hydrogens (tertiary/aromatic N) is 3. The third-order valence-corrected chi connectivity index (χ3v) is 6.26. The molecule has 6 heteroatoms. The average molecular weight is 397 g/mol. The van der Waals surface area contributed by atoms with Gasteiger partial charge in [0.15, 0.2) is 5.76 Å². The van der Waals surface area contributed by atoms with E-state index in [9.17, 15) is 4.79 Å². The second-order valence-electron chi connectivity index (χ2n) is 8.48. The molecule has 0 spiro atoms. The van der Waals surface area contributed by atoms with Gasteiger partial charge < -0.3 is 9.84 Å². The van der Waals surface area contributed by atoms with Crippen molar-refractivity contribution in [3.63, 3.8) is 0 Å². The predicted molar refractivity (Wildman–Crippen MR) is 112 cm³/mol. The first kappa shape index (κ1) is 20.1. The average Bonchev–Trinajstić information content (AvgIpc) is 3.18. The van der Waals surface area contributed by atoms with Crippen LogP contribution >= 0.6 is 0 Å². The zero-order valence-corrected chi connectivity index (χ0v) is 17.3. The van der Waals surface area contributed by atoms with E-state index in [-0.39, 0.29) is 11.8 Å². The van der Waals surface area contributed by atoms with Crippen LogP contribution in [0.5, 0.6) is 0 Å². The maximum absolute atomic E-state index is 12.7. The van der Waals surface area contributed by atoms with E-state index in [1.54, 1.807) is 0 Å². The molecule has 156 valence electrons. The minimum absolute atomic E-state index is 0.0788. The Hall–Kier alpha value is -2.18. The Morgan fingerprint density at radius 2 is 1.97 bits per heavy atom. The molecule has 1 aromatic heterocycles. The van der Waals surface area contributed by atoms with Crippen molar-refractivity contribution < 1.29 is 9.32 Å². The third-order valence-electron chi connectivity index (χ3n) is 6.26. The van der Waals surface area contributed by atoms with Gasteiger partial charge in [0, 0.05) is 25.2 Å². The number of amides is 1. The molecule has 2 fully saturated rings. The Kier molecular flexibility index (Phi) is 6.62. The number of rotatable bonds is 6. The van der Waals surface area contributed by atoms with Gasteiger partial charge in [0.2, 0.25) is 5.91 Å². The van der Waals surface area contributed by atoms with Crippen LogP contribution in [0.2, 0.25) is 0 Å². The number of aromatic nitrogens is 1. The molecule has 0 aliphatic carbocycles. The zero-order chi connectivity index (χ0) is 20.1. The topological polar surface area (TPSA) is 61.6 Å². The highest BCUT2D eigenvalue weighted by Crippen LogP contribution is 2.25. The van der Waals surface area contributed by atoms with Crippen molar-refractivity contribution in [2.45, 2.75) is 51.7 Å². The fourth-order valence-electron chi connectivity index (χ4n) is 4.65. The third kappa shape index (κ3) is 5.46. The number of nitrogens with one attached hydrogen (secondary N) is 1. The SMILES string of the molecule is Cc1cc(CNC(=O)[C@@H]2CCCN(C3CCN(Cc4ccccc4)CC3)C2)on1. The van der Waals surface area contributed by atoms with E-state index in [1.807, 2.05) is 13.0 Å². The van der Waals surface area contributed by atoms with Crippen LogP contribution in [-0.2, 0) is 17.9 Å². The molecule has 2 aromatic rings. The summed E-state index contributed by atoms with van der Waals surface area (Å²) < 4.78 is 5.19. The van der Waals surface area contributed by atoms with Crippen molar-refractivity contribution in [2.24, 2.45) is 5.92 Å². The van der Waals surface area contributed by atoms with Gasteiger partial charge in [-0.05, 0) is 57.8 Å². The van der Waals surface area contributed by atoms with E-state index in [4.69, 9.17) is 4.52 Å². The number of carbonyl (C=O) groups excluding carboxylic acids is 1. The van der Waals surface area contributed by atoms with Gasteiger partial charge in [-0.3, -0.25) is 14.6 Å². The molecule has 1 atom stereocenters. The molecule has 2 aliphatic heterocycles. The monoisotopic (exact) mass is 396 g/mol. The summed E-state index contributed by atoms with van der Waals surface area (Å²) in [6.07, 6.45) is 4.46. The first-order valence-corrected chi connectivity index (χ1v) is 10.9. The molecular formula is C23H32N4O2. The van der Waals surface area contributed by atoms with E-state index in [0.29, 0.717) is 18.3 Å². The van der Waals surface area contributed by atoms with E-state index < -0.39 is 0 Å². The molecule has 2 saturated heterocycles. The van der Waals surface area contributed by atoms with Crippen LogP contribution in [0.15, 0.2) is 40.9 Å². The number of aryl methyl sites for hydroxylation is 1. The van der Waals surface area contributed by atoms with E-state index in [1.165, 1.54) is 18.4 Å². The second-order valence-corrected chi connectivity index (χ2v) is 8.48. The molecule has 4 rings (SSSR count). The Morgan fingerprint density at radius 1 is 1.17 bits per heavy atom. The molecule has 6 nitrogen and oxygen atoms in total. The van der Waals surface area contributed by atoms with Crippen LogP contribution in [0, 0.1) is 12.8 Å². The van der Waals surface area contributed by atoms with Crippen molar-refractivity contribution >= 4 is 5.91 Å². The molecule has 3 heterocycles. The van der Waals surface area contributed by atoms with E-state index in [2.05, 4.69) is 50.6 Å². The summed E-state index contributed by atoms with van der Waals surface area (Å²) in [7, 11) is 0. The summed E-state index contributed by atoms with van der Waals surface area (Å²) in [5.41, 5.74) is 2.24. The summed E-state index contributed by atoms with van der Waals surface area (Å²) in [6, 6.07) is 13.2. The maximum Gasteiger partial charge on any atom is 0.224 e. The standard InChI is InChI=1S/C23H32N4O2/c1-18-14-22(29-25-18)15-24-23(28)20-8-5-11-27(17-20)21-9-12-26(13-10-21)16-19-6-3-2-4-7-19/h2-4,6-7,14,20-21H,5,8-13,15-17H2,1H3,(H,24,28)/t20-/m1/s1. The lowest BCUT2D eigenvalue weighted by atomic mass is 9.93. The molecule has 0 radical (unpaired) electrons. The number of piperidine rings is 2. The van der Waals surface area contributed by atoms with Gasteiger partial charge in [-0.1, -0.05) is 35.5 Å². The second kappa shape index (κ2) is 9.55. The Balaban J connectivity index is 1.23. The van der Waals surface area contributed by atoms with Gasteiger partial charge in [0.05, 0.1) is 18.2 Å². The van der Waals surface area contributed by atoms with Crippen LogP contribution in [0.25, 0.3) is 0 Å². The molecule has 0 bridgehead atoms. The largest absolute Gasteiger partial charge is 0.359 e. The van der Waals surface area contributed by atoms with Crippen molar-refractivity contribution in [1.82, 2.24) is 20.3 Å². The molecule has 0 saturated carbocycles. The lowest BCUT2D eigenvalue weighted by molar-refractivity contribution is -0.127. The number of carbonyl (C=O) groups is 1. The van der Waals surface area contributed by atoms with Gasteiger partial charge in [0.1, 0.15) is 0 Å². The first-order chi connectivity index (χ1) is 14.2. The first-order valence-electron chi connectivity index (χ1n) is 10.9. The highest BCUT2D eigenvalue weighted by atomic mass is 16.5. The smallest absolute Gasteiger partial charge is 0.224 e. The molecular weight excluding hydrogens is 364 g/mol. The van der Waals surface area contributed by atoms with E-state index >= 15 is 0 Å². The van der Waals surface area contributed by atoms with Crippen LogP contribution in [0.4, 0.5) is 0 Å². The minimum atomic E-state index is 0.0788. The molecule has 0 unspecified atom stereocenters. The minimum Gasteiger partial charge on any atom is -0.359 e. The van der Waals surface area contributed by atoms with Crippen LogP contribution in [0.1, 0.15) is 42.7 Å². The lowest BCUT2D eigenvalue weighted by Crippen LogP contribution is -2.50. The Bertz CT molecular complexity index is 783. The highest BCUT2D eigenvalue weighted by Gasteiger charge is 2.31. The van der Waals surface area contributed by atoms with Crippen molar-refractivity contribution in [3.05, 3.63) is 53.4 Å². The van der Waals surface area contributed by atoms with E-state index in [0.717, 1.165) is 51.3 Å². The Morgan fingerprint density at radius 3 is 2.69 bits per heavy atom. The summed E-state index contributed by atoms with van der Waals surface area (Å²) in [6.45, 7) is 7.63. The fraction of sp³-hybridized carbons (Fsp3) is 0.565. The highest BCUT2D eigenvalue weighted by molar-refractivity contribution is 5.78. The summed E-state index contributed by atoms with van der Waals surface area (Å²) >= 11 is 0. The van der Waals surface area contributed by atoms with Gasteiger partial charge in [-0.25, -0.2) is 0 Å². The van der Waals surface area contributed by atoms with Gasteiger partial charge in [-0.15, -0.1) is 0 Å². The number of likely N-dealkylation sites (tertiary alicyclic amines) is 2. The molecule has 29 heavy (non-hydrogen) atoms. The lowest BCUT2D eigenvalue weighted by Gasteiger charge is -2.42. The Labute approximate surface area is 173 Å². The summed E-state index contributed by atoms with van der Waals surface area (Å²) in [5, 5.41) is 6.91. The van der Waals surface area contributed by atoms with Crippen molar-refractivity contribution in [3.8, 4) is 0 Å². The summed E-state index contributed by atoms with van der Waals surface area (Å²) in [5.74, 6) is 0.940.